The fourth-order valence-electron chi connectivity index (χ4n) is 1.53. The molecule has 0 rings (SSSR count). The Labute approximate surface area is 109 Å². The Balaban J connectivity index is 4.45. The molecule has 6 heteroatoms. The van der Waals surface area contributed by atoms with Crippen molar-refractivity contribution < 1.29 is 14.3 Å². The van der Waals surface area contributed by atoms with Crippen LogP contribution in [0.1, 0.15) is 26.7 Å². The standard InChI is InChI=1S/C12H25N3O3/c1-4-6-14-11(16)9-15(7-5-2)12(17)10(8-13)18-3/h10H,4-9,13H2,1-3H3,(H,14,16). The minimum absolute atomic E-state index is 0.0620. The summed E-state index contributed by atoms with van der Waals surface area (Å²) in [5.41, 5.74) is 5.46. The summed E-state index contributed by atoms with van der Waals surface area (Å²) in [5, 5.41) is 2.75. The van der Waals surface area contributed by atoms with Gasteiger partial charge in [-0.15, -0.1) is 0 Å². The van der Waals surface area contributed by atoms with Crippen LogP contribution in [-0.4, -0.2) is 56.1 Å². The van der Waals surface area contributed by atoms with Crippen LogP contribution < -0.4 is 11.1 Å². The molecule has 18 heavy (non-hydrogen) atoms. The summed E-state index contributed by atoms with van der Waals surface area (Å²) in [6, 6.07) is 0. The number of nitrogens with two attached hydrogens (primary N) is 1. The first-order valence-corrected chi connectivity index (χ1v) is 6.38. The van der Waals surface area contributed by atoms with E-state index in [1.165, 1.54) is 12.0 Å². The number of hydrogen-bond donors (Lipinski definition) is 2. The number of nitrogens with one attached hydrogen (secondary N) is 1. The maximum atomic E-state index is 12.0. The highest BCUT2D eigenvalue weighted by Gasteiger charge is 2.23. The van der Waals surface area contributed by atoms with E-state index in [1.807, 2.05) is 13.8 Å². The van der Waals surface area contributed by atoms with Crippen LogP contribution in [0, 0.1) is 0 Å². The van der Waals surface area contributed by atoms with Crippen molar-refractivity contribution in [3.05, 3.63) is 0 Å². The van der Waals surface area contributed by atoms with Gasteiger partial charge in [-0.2, -0.15) is 0 Å². The number of nitrogens with zero attached hydrogens (tertiary/aromatic N) is 1. The van der Waals surface area contributed by atoms with Crippen LogP contribution in [0.4, 0.5) is 0 Å². The summed E-state index contributed by atoms with van der Waals surface area (Å²) < 4.78 is 5.00. The van der Waals surface area contributed by atoms with Crippen LogP contribution in [0.2, 0.25) is 0 Å². The summed E-state index contributed by atoms with van der Waals surface area (Å²) in [6.45, 7) is 5.26. The molecule has 0 aliphatic heterocycles. The van der Waals surface area contributed by atoms with E-state index < -0.39 is 6.10 Å². The Bertz CT molecular complexity index is 255. The fourth-order valence-corrected chi connectivity index (χ4v) is 1.53. The molecule has 0 aromatic rings. The number of ether oxygens (including phenoxy) is 1. The van der Waals surface area contributed by atoms with Crippen LogP contribution >= 0.6 is 0 Å². The summed E-state index contributed by atoms with van der Waals surface area (Å²) in [6.07, 6.45) is 0.987. The lowest BCUT2D eigenvalue weighted by molar-refractivity contribution is -0.144. The monoisotopic (exact) mass is 259 g/mol. The molecule has 0 saturated heterocycles. The highest BCUT2D eigenvalue weighted by Crippen LogP contribution is 1.99. The van der Waals surface area contributed by atoms with Crippen LogP contribution in [0.15, 0.2) is 0 Å². The third kappa shape index (κ3) is 5.97. The first kappa shape index (κ1) is 16.9. The predicted octanol–water partition coefficient (Wildman–Crippen LogP) is -0.275. The average molecular weight is 259 g/mol. The van der Waals surface area contributed by atoms with Crippen molar-refractivity contribution in [2.24, 2.45) is 5.73 Å². The molecule has 0 aromatic heterocycles. The van der Waals surface area contributed by atoms with E-state index in [0.29, 0.717) is 13.1 Å². The molecule has 106 valence electrons. The molecule has 0 heterocycles. The van der Waals surface area contributed by atoms with Crippen molar-refractivity contribution in [2.45, 2.75) is 32.8 Å². The van der Waals surface area contributed by atoms with E-state index in [4.69, 9.17) is 10.5 Å². The first-order chi connectivity index (χ1) is 8.60. The average Bonchev–Trinajstić information content (AvgIpc) is 2.37. The molecule has 0 aromatic carbocycles. The van der Waals surface area contributed by atoms with Crippen molar-refractivity contribution in [1.82, 2.24) is 10.2 Å². The number of rotatable bonds is 9. The molecule has 3 N–H and O–H groups in total. The van der Waals surface area contributed by atoms with E-state index in [9.17, 15) is 9.59 Å². The largest absolute Gasteiger partial charge is 0.370 e. The molecule has 6 nitrogen and oxygen atoms in total. The molecule has 0 radical (unpaired) electrons. The van der Waals surface area contributed by atoms with Crippen molar-refractivity contribution in [3.63, 3.8) is 0 Å². The lowest BCUT2D eigenvalue weighted by Gasteiger charge is -2.25. The minimum Gasteiger partial charge on any atom is -0.370 e. The summed E-state index contributed by atoms with van der Waals surface area (Å²) >= 11 is 0. The lowest BCUT2D eigenvalue weighted by Crippen LogP contribution is -2.48. The number of methoxy groups -OCH3 is 1. The molecule has 1 unspecified atom stereocenters. The van der Waals surface area contributed by atoms with Gasteiger partial charge in [0.2, 0.25) is 5.91 Å². The van der Waals surface area contributed by atoms with Gasteiger partial charge in [0.05, 0.1) is 6.54 Å². The van der Waals surface area contributed by atoms with Crippen LogP contribution in [0.25, 0.3) is 0 Å². The normalized spacial score (nSPS) is 12.0. The zero-order chi connectivity index (χ0) is 14.0. The van der Waals surface area contributed by atoms with Crippen molar-refractivity contribution in [2.75, 3.05) is 33.3 Å². The molecule has 0 aliphatic rings. The first-order valence-electron chi connectivity index (χ1n) is 6.38. The maximum Gasteiger partial charge on any atom is 0.253 e. The predicted molar refractivity (Wildman–Crippen MR) is 70.0 cm³/mol. The number of carbonyl (C=O) groups excluding carboxylic acids is 2. The Hall–Kier alpha value is -1.14. The molecule has 0 saturated carbocycles. The molecule has 0 bridgehead atoms. The van der Waals surface area contributed by atoms with Gasteiger partial charge in [0.25, 0.3) is 5.91 Å². The third-order valence-corrected chi connectivity index (χ3v) is 2.49. The third-order valence-electron chi connectivity index (χ3n) is 2.49. The highest BCUT2D eigenvalue weighted by molar-refractivity contribution is 5.87. The number of carbonyl (C=O) groups is 2. The number of hydrogen-bond acceptors (Lipinski definition) is 4. The van der Waals surface area contributed by atoms with E-state index in [1.54, 1.807) is 0 Å². The van der Waals surface area contributed by atoms with E-state index in [2.05, 4.69) is 5.32 Å². The number of amides is 2. The Kier molecular flexibility index (Phi) is 9.22. The zero-order valence-electron chi connectivity index (χ0n) is 11.6. The van der Waals surface area contributed by atoms with Gasteiger partial charge in [-0.05, 0) is 12.8 Å². The van der Waals surface area contributed by atoms with Crippen molar-refractivity contribution in [3.8, 4) is 0 Å². The topological polar surface area (TPSA) is 84.7 Å². The summed E-state index contributed by atoms with van der Waals surface area (Å²) in [4.78, 5) is 25.2. The van der Waals surface area contributed by atoms with Gasteiger partial charge in [-0.1, -0.05) is 13.8 Å². The van der Waals surface area contributed by atoms with Gasteiger partial charge < -0.3 is 20.7 Å². The summed E-state index contributed by atoms with van der Waals surface area (Å²) in [7, 11) is 1.44. The van der Waals surface area contributed by atoms with E-state index in [-0.39, 0.29) is 24.9 Å². The highest BCUT2D eigenvalue weighted by atomic mass is 16.5. The Morgan fingerprint density at radius 2 is 2.00 bits per heavy atom. The van der Waals surface area contributed by atoms with Gasteiger partial charge in [-0.3, -0.25) is 9.59 Å². The Morgan fingerprint density at radius 3 is 2.44 bits per heavy atom. The van der Waals surface area contributed by atoms with Gasteiger partial charge in [0, 0.05) is 26.7 Å². The SMILES string of the molecule is CCCNC(=O)CN(CCC)C(=O)C(CN)OC. The quantitative estimate of drug-likeness (QED) is 0.596. The zero-order valence-corrected chi connectivity index (χ0v) is 11.6. The second-order valence-corrected chi connectivity index (χ2v) is 4.07. The van der Waals surface area contributed by atoms with Gasteiger partial charge in [0.1, 0.15) is 6.10 Å². The second-order valence-electron chi connectivity index (χ2n) is 4.07. The molecule has 1 atom stereocenters. The van der Waals surface area contributed by atoms with Crippen molar-refractivity contribution in [1.29, 1.82) is 0 Å². The Morgan fingerprint density at radius 1 is 1.33 bits per heavy atom. The molecular weight excluding hydrogens is 234 g/mol. The van der Waals surface area contributed by atoms with Crippen LogP contribution in [-0.2, 0) is 14.3 Å². The molecular formula is C12H25N3O3. The van der Waals surface area contributed by atoms with Gasteiger partial charge >= 0.3 is 0 Å². The van der Waals surface area contributed by atoms with Gasteiger partial charge in [0.15, 0.2) is 0 Å². The molecule has 0 fully saturated rings. The van der Waals surface area contributed by atoms with Crippen molar-refractivity contribution >= 4 is 11.8 Å². The van der Waals surface area contributed by atoms with E-state index in [0.717, 1.165) is 12.8 Å². The van der Waals surface area contributed by atoms with Crippen LogP contribution in [0.5, 0.6) is 0 Å². The maximum absolute atomic E-state index is 12.0. The molecule has 2 amide bonds. The molecule has 0 spiro atoms. The van der Waals surface area contributed by atoms with E-state index >= 15 is 0 Å². The fraction of sp³-hybridized carbons (Fsp3) is 0.833. The summed E-state index contributed by atoms with van der Waals surface area (Å²) in [5.74, 6) is -0.376. The second kappa shape index (κ2) is 9.85. The lowest BCUT2D eigenvalue weighted by atomic mass is 10.2. The minimum atomic E-state index is -0.671. The van der Waals surface area contributed by atoms with Crippen LogP contribution in [0.3, 0.4) is 0 Å². The smallest absolute Gasteiger partial charge is 0.253 e. The van der Waals surface area contributed by atoms with Gasteiger partial charge in [-0.25, -0.2) is 0 Å². The molecule has 0 aliphatic carbocycles.